The van der Waals surface area contributed by atoms with Crippen molar-refractivity contribution >= 4 is 23.7 Å². The molecule has 0 aromatic carbocycles. The monoisotopic (exact) mass is 233 g/mol. The average molecular weight is 231 g/mol. The molecule has 0 saturated heterocycles. The Kier molecular flexibility index (Phi) is 2.58. The van der Waals surface area contributed by atoms with E-state index in [0.29, 0.717) is 0 Å². The zero-order valence-electron chi connectivity index (χ0n) is 3.82. The van der Waals surface area contributed by atoms with Gasteiger partial charge in [-0.25, -0.2) is 19.8 Å². The third kappa shape index (κ3) is 1.56. The molecule has 0 unspecified atom stereocenters. The van der Waals surface area contributed by atoms with Gasteiger partial charge < -0.3 is 0 Å². The van der Waals surface area contributed by atoms with E-state index < -0.39 is 11.4 Å². The van der Waals surface area contributed by atoms with E-state index >= 15 is 0 Å². The van der Waals surface area contributed by atoms with Gasteiger partial charge in [-0.1, -0.05) is 0 Å². The fourth-order valence-corrected chi connectivity index (χ4v) is 0.279. The van der Waals surface area contributed by atoms with Gasteiger partial charge in [0.1, 0.15) is 0 Å². The molecule has 6 heteroatoms. The van der Waals surface area contributed by atoms with Gasteiger partial charge in [-0.2, -0.15) is 0 Å². The number of aromatic amines is 3. The van der Waals surface area contributed by atoms with Gasteiger partial charge in [0.15, 0.2) is 0 Å². The predicted molar refractivity (Wildman–Crippen MR) is 30.6 cm³/mol. The van der Waals surface area contributed by atoms with Crippen LogP contribution in [0.5, 0.6) is 0 Å². The summed E-state index contributed by atoms with van der Waals surface area (Å²) in [6, 6.07) is 0. The number of H-pyrrole nitrogens is 3. The second-order valence-corrected chi connectivity index (χ2v) is 1.03. The molecule has 3 N–H and O–H groups in total. The quantitative estimate of drug-likeness (QED) is 0.430. The molecule has 0 radical (unpaired) electrons. The van der Waals surface area contributed by atoms with E-state index in [4.69, 9.17) is 0 Å². The summed E-state index contributed by atoms with van der Waals surface area (Å²) in [6.07, 6.45) is 0. The van der Waals surface area contributed by atoms with Gasteiger partial charge in [0, 0.05) is 0 Å². The van der Waals surface area contributed by atoms with Crippen LogP contribution in [0.2, 0.25) is 0 Å². The summed E-state index contributed by atoms with van der Waals surface area (Å²) in [5.41, 5.74) is -1.02. The van der Waals surface area contributed by atoms with Gasteiger partial charge in [0.05, 0.1) is 0 Å². The van der Waals surface area contributed by atoms with E-state index in [0.717, 1.165) is 0 Å². The van der Waals surface area contributed by atoms with Crippen molar-refractivity contribution in [2.24, 2.45) is 0 Å². The van der Waals surface area contributed by atoms with Crippen LogP contribution in [0, 0.1) is 0 Å². The van der Waals surface area contributed by atoms with E-state index in [9.17, 15) is 9.59 Å². The van der Waals surface area contributed by atoms with Crippen LogP contribution >= 0.6 is 0 Å². The van der Waals surface area contributed by atoms with Crippen LogP contribution in [0.4, 0.5) is 0 Å². The van der Waals surface area contributed by atoms with E-state index in [1.807, 2.05) is 15.2 Å². The van der Waals surface area contributed by atoms with Crippen LogP contribution in [0.3, 0.4) is 0 Å². The van der Waals surface area contributed by atoms with Crippen LogP contribution < -0.4 is 11.4 Å². The summed E-state index contributed by atoms with van der Waals surface area (Å²) in [4.78, 5) is 21.8. The van der Waals surface area contributed by atoms with E-state index in [1.165, 1.54) is 0 Å². The standard InChI is InChI=1S/C2H3N3O2.H2Te/c6-1-3-2(7)5-4-1;/h(H3,3,4,5,6,7);1H2. The van der Waals surface area contributed by atoms with Crippen molar-refractivity contribution in [3.05, 3.63) is 21.0 Å². The number of rotatable bonds is 0. The van der Waals surface area contributed by atoms with Gasteiger partial charge in [-0.15, -0.1) is 0 Å². The summed E-state index contributed by atoms with van der Waals surface area (Å²) in [5.74, 6) is 0. The van der Waals surface area contributed by atoms with Crippen molar-refractivity contribution in [1.29, 1.82) is 0 Å². The molecule has 0 amide bonds. The first-order valence-corrected chi connectivity index (χ1v) is 1.66. The van der Waals surface area contributed by atoms with Gasteiger partial charge in [-0.3, -0.25) is 4.98 Å². The third-order valence-corrected chi connectivity index (χ3v) is 0.517. The molecular formula is C2H5N3O2Te. The molecule has 0 bridgehead atoms. The van der Waals surface area contributed by atoms with Gasteiger partial charge >= 0.3 is 35.0 Å². The SMILES string of the molecule is O=c1[nH][nH]c(=O)[nH]1.[TeH2]. The third-order valence-electron chi connectivity index (χ3n) is 0.517. The molecule has 46 valence electrons. The molecule has 0 atom stereocenters. The molecule has 1 aromatic heterocycles. The first-order chi connectivity index (χ1) is 3.29. The van der Waals surface area contributed by atoms with E-state index in [2.05, 4.69) is 0 Å². The number of hydrogen-bond donors (Lipinski definition) is 3. The van der Waals surface area contributed by atoms with Crippen LogP contribution in [-0.4, -0.2) is 38.8 Å². The molecule has 0 aliphatic rings. The van der Waals surface area contributed by atoms with Gasteiger partial charge in [0.25, 0.3) is 0 Å². The van der Waals surface area contributed by atoms with Crippen molar-refractivity contribution in [2.45, 2.75) is 0 Å². The maximum atomic E-state index is 9.95. The van der Waals surface area contributed by atoms with Crippen LogP contribution in [0.15, 0.2) is 9.59 Å². The summed E-state index contributed by atoms with van der Waals surface area (Å²) in [5, 5.41) is 4.04. The van der Waals surface area contributed by atoms with Crippen LogP contribution in [0.1, 0.15) is 0 Å². The Morgan fingerprint density at radius 2 is 1.38 bits per heavy atom. The molecule has 0 aliphatic carbocycles. The second kappa shape index (κ2) is 2.74. The summed E-state index contributed by atoms with van der Waals surface area (Å²) in [6.45, 7) is 0. The average Bonchev–Trinajstić information content (AvgIpc) is 1.87. The molecule has 1 heterocycles. The number of aromatic nitrogens is 3. The Morgan fingerprint density at radius 3 is 1.50 bits per heavy atom. The Labute approximate surface area is 60.2 Å². The molecule has 0 saturated carbocycles. The van der Waals surface area contributed by atoms with Crippen molar-refractivity contribution in [3.63, 3.8) is 0 Å². The molecular weight excluding hydrogens is 226 g/mol. The Balaban J connectivity index is 0.000000490. The summed E-state index contributed by atoms with van der Waals surface area (Å²) < 4.78 is 0. The molecule has 0 aliphatic heterocycles. The molecule has 1 rings (SSSR count). The topological polar surface area (TPSA) is 81.5 Å². The Morgan fingerprint density at radius 1 is 1.00 bits per heavy atom. The van der Waals surface area contributed by atoms with Crippen molar-refractivity contribution in [1.82, 2.24) is 15.2 Å². The number of hydrogen-bond acceptors (Lipinski definition) is 2. The fraction of sp³-hybridized carbons (Fsp3) is 0. The normalized spacial score (nSPS) is 8.00. The van der Waals surface area contributed by atoms with Crippen molar-refractivity contribution in [2.75, 3.05) is 0 Å². The molecule has 0 fully saturated rings. The van der Waals surface area contributed by atoms with Crippen molar-refractivity contribution in [3.8, 4) is 0 Å². The minimum atomic E-state index is -0.509. The Bertz CT molecular complexity index is 220. The van der Waals surface area contributed by atoms with Crippen molar-refractivity contribution < 1.29 is 0 Å². The van der Waals surface area contributed by atoms with Crippen LogP contribution in [0.25, 0.3) is 0 Å². The van der Waals surface area contributed by atoms with Gasteiger partial charge in [0.2, 0.25) is 0 Å². The Hall–Kier alpha value is -0.470. The number of nitrogens with one attached hydrogen (secondary N) is 3. The van der Waals surface area contributed by atoms with Gasteiger partial charge in [-0.05, 0) is 0 Å². The predicted octanol–water partition coefficient (Wildman–Crippen LogP) is -2.52. The second-order valence-electron chi connectivity index (χ2n) is 1.03. The molecule has 8 heavy (non-hydrogen) atoms. The first kappa shape index (κ1) is 7.53. The molecule has 1 aromatic rings. The fourth-order valence-electron chi connectivity index (χ4n) is 0.279. The minimum absolute atomic E-state index is 0. The maximum absolute atomic E-state index is 9.95. The summed E-state index contributed by atoms with van der Waals surface area (Å²) in [7, 11) is 0. The van der Waals surface area contributed by atoms with E-state index in [-0.39, 0.29) is 23.7 Å². The van der Waals surface area contributed by atoms with Crippen LogP contribution in [-0.2, 0) is 0 Å². The summed E-state index contributed by atoms with van der Waals surface area (Å²) >= 11 is 0. The van der Waals surface area contributed by atoms with E-state index in [1.54, 1.807) is 0 Å². The molecule has 0 spiro atoms. The zero-order valence-corrected chi connectivity index (χ0v) is 6.67. The zero-order chi connectivity index (χ0) is 5.28. The molecule has 5 nitrogen and oxygen atoms in total. The first-order valence-electron chi connectivity index (χ1n) is 1.66.